The number of fused-ring (bicyclic) bond motifs is 1. The second-order valence-corrected chi connectivity index (χ2v) is 4.39. The van der Waals surface area contributed by atoms with Gasteiger partial charge in [-0.3, -0.25) is 0 Å². The van der Waals surface area contributed by atoms with E-state index in [0.29, 0.717) is 0 Å². The van der Waals surface area contributed by atoms with Crippen LogP contribution in [0.3, 0.4) is 0 Å². The van der Waals surface area contributed by atoms with Gasteiger partial charge in [0.15, 0.2) is 0 Å². The number of aryl methyl sites for hydroxylation is 1. The number of halogens is 1. The summed E-state index contributed by atoms with van der Waals surface area (Å²) >= 11 is 6.05. The van der Waals surface area contributed by atoms with Gasteiger partial charge in [-0.2, -0.15) is 0 Å². The van der Waals surface area contributed by atoms with Gasteiger partial charge in [0.05, 0.1) is 0 Å². The Labute approximate surface area is 101 Å². The zero-order chi connectivity index (χ0) is 11.5. The number of benzene rings is 1. The van der Waals surface area contributed by atoms with E-state index in [1.54, 1.807) is 0 Å². The van der Waals surface area contributed by atoms with Crippen molar-refractivity contribution in [3.63, 3.8) is 0 Å². The van der Waals surface area contributed by atoms with Crippen LogP contribution in [0.15, 0.2) is 24.4 Å². The van der Waals surface area contributed by atoms with Crippen LogP contribution in [-0.2, 0) is 13.0 Å². The quantitative estimate of drug-likeness (QED) is 0.864. The van der Waals surface area contributed by atoms with E-state index in [2.05, 4.69) is 35.1 Å². The molecule has 0 saturated heterocycles. The average molecular weight is 237 g/mol. The van der Waals surface area contributed by atoms with Crippen molar-refractivity contribution in [2.24, 2.45) is 0 Å². The summed E-state index contributed by atoms with van der Waals surface area (Å²) in [6.45, 7) is 4.16. The Balaban J connectivity index is 2.50. The van der Waals surface area contributed by atoms with E-state index in [0.717, 1.165) is 24.5 Å². The second kappa shape index (κ2) is 4.89. The zero-order valence-corrected chi connectivity index (χ0v) is 10.5. The number of hydrogen-bond donors (Lipinski definition) is 1. The molecule has 1 heterocycles. The lowest BCUT2D eigenvalue weighted by Crippen LogP contribution is -2.09. The fraction of sp³-hybridized carbons (Fsp3) is 0.385. The van der Waals surface area contributed by atoms with Crippen molar-refractivity contribution in [2.45, 2.75) is 19.9 Å². The highest BCUT2D eigenvalue weighted by Crippen LogP contribution is 2.25. The molecule has 0 amide bonds. The van der Waals surface area contributed by atoms with Crippen LogP contribution >= 0.6 is 11.6 Å². The fourth-order valence-corrected chi connectivity index (χ4v) is 2.24. The molecule has 16 heavy (non-hydrogen) atoms. The molecule has 1 aromatic heterocycles. The molecule has 1 N–H and O–H groups in total. The minimum Gasteiger partial charge on any atom is -0.347 e. The van der Waals surface area contributed by atoms with E-state index in [1.807, 2.05) is 13.1 Å². The number of hydrogen-bond acceptors (Lipinski definition) is 1. The van der Waals surface area contributed by atoms with E-state index in [1.165, 1.54) is 16.5 Å². The van der Waals surface area contributed by atoms with Gasteiger partial charge in [-0.25, -0.2) is 0 Å². The van der Waals surface area contributed by atoms with Gasteiger partial charge < -0.3 is 9.88 Å². The van der Waals surface area contributed by atoms with Gasteiger partial charge in [0.1, 0.15) is 0 Å². The maximum Gasteiger partial charge on any atom is 0.0484 e. The molecule has 0 spiro atoms. The predicted octanol–water partition coefficient (Wildman–Crippen LogP) is 3.08. The molecule has 2 nitrogen and oxygen atoms in total. The van der Waals surface area contributed by atoms with Crippen LogP contribution < -0.4 is 5.32 Å². The van der Waals surface area contributed by atoms with Crippen LogP contribution in [0.25, 0.3) is 10.9 Å². The van der Waals surface area contributed by atoms with Gasteiger partial charge in [-0.1, -0.05) is 11.6 Å². The smallest absolute Gasteiger partial charge is 0.0484 e. The normalized spacial score (nSPS) is 11.2. The first-order valence-electron chi connectivity index (χ1n) is 5.68. The van der Waals surface area contributed by atoms with E-state index in [-0.39, 0.29) is 0 Å². The van der Waals surface area contributed by atoms with E-state index in [9.17, 15) is 0 Å². The van der Waals surface area contributed by atoms with Crippen LogP contribution in [0.4, 0.5) is 0 Å². The third kappa shape index (κ3) is 2.08. The van der Waals surface area contributed by atoms with Crippen LogP contribution in [0.2, 0.25) is 5.02 Å². The molecule has 0 aliphatic carbocycles. The minimum atomic E-state index is 0.812. The number of likely N-dealkylation sites (N-methyl/N-ethyl adjacent to an activating group) is 1. The second-order valence-electron chi connectivity index (χ2n) is 3.96. The summed E-state index contributed by atoms with van der Waals surface area (Å²) in [4.78, 5) is 0. The number of nitrogens with zero attached hydrogens (tertiary/aromatic N) is 1. The molecule has 0 aliphatic rings. The molecule has 0 atom stereocenters. The van der Waals surface area contributed by atoms with Gasteiger partial charge in [0, 0.05) is 28.7 Å². The first-order valence-corrected chi connectivity index (χ1v) is 6.06. The minimum absolute atomic E-state index is 0.812. The standard InChI is InChI=1S/C13H17ClN2/c1-3-16-9-10(6-7-15-2)12-8-11(14)4-5-13(12)16/h4-5,8-9,15H,3,6-7H2,1-2H3. The van der Waals surface area contributed by atoms with Gasteiger partial charge >= 0.3 is 0 Å². The lowest BCUT2D eigenvalue weighted by Gasteiger charge is -1.99. The fourth-order valence-electron chi connectivity index (χ4n) is 2.06. The molecule has 0 saturated carbocycles. The molecular weight excluding hydrogens is 220 g/mol. The van der Waals surface area contributed by atoms with Crippen molar-refractivity contribution in [3.8, 4) is 0 Å². The Bertz CT molecular complexity index is 488. The Morgan fingerprint density at radius 2 is 2.19 bits per heavy atom. The van der Waals surface area contributed by atoms with Crippen LogP contribution in [0, 0.1) is 0 Å². The summed E-state index contributed by atoms with van der Waals surface area (Å²) in [6.07, 6.45) is 3.28. The van der Waals surface area contributed by atoms with E-state index >= 15 is 0 Å². The van der Waals surface area contributed by atoms with Crippen molar-refractivity contribution in [1.82, 2.24) is 9.88 Å². The van der Waals surface area contributed by atoms with E-state index < -0.39 is 0 Å². The molecule has 1 aromatic carbocycles. The highest BCUT2D eigenvalue weighted by Gasteiger charge is 2.07. The molecule has 86 valence electrons. The Hall–Kier alpha value is -0.990. The Kier molecular flexibility index (Phi) is 3.52. The Morgan fingerprint density at radius 3 is 2.88 bits per heavy atom. The van der Waals surface area contributed by atoms with Crippen molar-refractivity contribution < 1.29 is 0 Å². The molecule has 3 heteroatoms. The van der Waals surface area contributed by atoms with Gasteiger partial charge in [0.2, 0.25) is 0 Å². The van der Waals surface area contributed by atoms with Crippen LogP contribution in [-0.4, -0.2) is 18.2 Å². The van der Waals surface area contributed by atoms with Crippen molar-refractivity contribution >= 4 is 22.5 Å². The molecule has 0 fully saturated rings. The largest absolute Gasteiger partial charge is 0.347 e. The molecular formula is C13H17ClN2. The summed E-state index contributed by atoms with van der Waals surface area (Å²) < 4.78 is 2.27. The maximum absolute atomic E-state index is 6.05. The summed E-state index contributed by atoms with van der Waals surface area (Å²) in [5.74, 6) is 0. The lowest BCUT2D eigenvalue weighted by atomic mass is 10.1. The highest BCUT2D eigenvalue weighted by atomic mass is 35.5. The molecule has 2 rings (SSSR count). The van der Waals surface area contributed by atoms with Crippen LogP contribution in [0.5, 0.6) is 0 Å². The summed E-state index contributed by atoms with van der Waals surface area (Å²) in [5, 5.41) is 5.27. The first-order chi connectivity index (χ1) is 7.76. The van der Waals surface area contributed by atoms with Gasteiger partial charge in [0.25, 0.3) is 0 Å². The monoisotopic (exact) mass is 236 g/mol. The molecule has 0 aliphatic heterocycles. The summed E-state index contributed by atoms with van der Waals surface area (Å²) in [5.41, 5.74) is 2.65. The SMILES string of the molecule is CCn1cc(CCNC)c2cc(Cl)ccc21. The highest BCUT2D eigenvalue weighted by molar-refractivity contribution is 6.31. The number of nitrogens with one attached hydrogen (secondary N) is 1. The van der Waals surface area contributed by atoms with Gasteiger partial charge in [-0.15, -0.1) is 0 Å². The number of aromatic nitrogens is 1. The summed E-state index contributed by atoms with van der Waals surface area (Å²) in [6, 6.07) is 6.12. The molecule has 0 bridgehead atoms. The molecule has 0 radical (unpaired) electrons. The van der Waals surface area contributed by atoms with Crippen LogP contribution in [0.1, 0.15) is 12.5 Å². The number of rotatable bonds is 4. The first kappa shape index (κ1) is 11.5. The zero-order valence-electron chi connectivity index (χ0n) is 9.76. The van der Waals surface area contributed by atoms with Crippen molar-refractivity contribution in [2.75, 3.05) is 13.6 Å². The molecule has 0 unspecified atom stereocenters. The van der Waals surface area contributed by atoms with Crippen molar-refractivity contribution in [3.05, 3.63) is 35.0 Å². The van der Waals surface area contributed by atoms with Crippen molar-refractivity contribution in [1.29, 1.82) is 0 Å². The third-order valence-corrected chi connectivity index (χ3v) is 3.15. The predicted molar refractivity (Wildman–Crippen MR) is 70.3 cm³/mol. The van der Waals surface area contributed by atoms with E-state index in [4.69, 9.17) is 11.6 Å². The molecule has 2 aromatic rings. The summed E-state index contributed by atoms with van der Waals surface area (Å²) in [7, 11) is 1.98. The Morgan fingerprint density at radius 1 is 1.38 bits per heavy atom. The average Bonchev–Trinajstić information content (AvgIpc) is 2.64. The third-order valence-electron chi connectivity index (χ3n) is 2.91. The lowest BCUT2D eigenvalue weighted by molar-refractivity contribution is 0.770. The maximum atomic E-state index is 6.05. The topological polar surface area (TPSA) is 17.0 Å². The van der Waals surface area contributed by atoms with Gasteiger partial charge in [-0.05, 0) is 50.7 Å².